The van der Waals surface area contributed by atoms with Gasteiger partial charge >= 0.3 is 0 Å². The molecule has 0 spiro atoms. The van der Waals surface area contributed by atoms with Crippen LogP contribution in [0.15, 0.2) is 138 Å². The second kappa shape index (κ2) is 16.7. The van der Waals surface area contributed by atoms with E-state index in [0.29, 0.717) is 47.7 Å². The van der Waals surface area contributed by atoms with Crippen LogP contribution >= 0.6 is 23.2 Å². The van der Waals surface area contributed by atoms with Crippen LogP contribution in [0, 0.1) is 0 Å². The van der Waals surface area contributed by atoms with Crippen molar-refractivity contribution in [1.82, 2.24) is 5.32 Å². The molecular formula is C42H38Cl2N2O4. The average molecular weight is 706 g/mol. The smallest absolute Gasteiger partial charge is 0.252 e. The molecule has 6 rings (SSSR count). The normalized spacial score (nSPS) is 16.9. The summed E-state index contributed by atoms with van der Waals surface area (Å²) in [5.41, 5.74) is 4.29. The van der Waals surface area contributed by atoms with E-state index in [-0.39, 0.29) is 18.9 Å². The number of rotatable bonds is 14. The molecule has 1 amide bonds. The Balaban J connectivity index is 1.36. The lowest BCUT2D eigenvalue weighted by Crippen LogP contribution is -2.48. The number of halogens is 2. The molecule has 0 bridgehead atoms. The molecule has 2 atom stereocenters. The summed E-state index contributed by atoms with van der Waals surface area (Å²) in [6.07, 6.45) is 4.62. The third-order valence-corrected chi connectivity index (χ3v) is 9.17. The van der Waals surface area contributed by atoms with Gasteiger partial charge in [0.1, 0.15) is 5.75 Å². The molecule has 2 N–H and O–H groups in total. The molecule has 5 aromatic carbocycles. The van der Waals surface area contributed by atoms with Crippen LogP contribution in [0.5, 0.6) is 5.75 Å². The number of carbonyl (C=O) groups excluding carboxylic acids is 1. The summed E-state index contributed by atoms with van der Waals surface area (Å²) in [4.78, 5) is 19.7. The van der Waals surface area contributed by atoms with E-state index in [1.807, 2.05) is 103 Å². The molecule has 5 aromatic rings. The maximum absolute atomic E-state index is 14.6. The summed E-state index contributed by atoms with van der Waals surface area (Å²) in [5.74, 6) is 0.786. The van der Waals surface area contributed by atoms with Crippen molar-refractivity contribution in [1.29, 1.82) is 0 Å². The van der Waals surface area contributed by atoms with Gasteiger partial charge in [-0.1, -0.05) is 126 Å². The third kappa shape index (κ3) is 8.45. The second-order valence-electron chi connectivity index (χ2n) is 12.0. The summed E-state index contributed by atoms with van der Waals surface area (Å²) in [6.45, 7) is 0.813. The molecule has 0 saturated heterocycles. The highest BCUT2D eigenvalue weighted by Gasteiger charge is 2.52. The molecule has 0 radical (unpaired) electrons. The largest absolute Gasteiger partial charge is 0.494 e. The second-order valence-corrected chi connectivity index (χ2v) is 12.9. The number of hydrogen-bond acceptors (Lipinski definition) is 5. The number of aliphatic hydroxyl groups excluding tert-OH is 1. The molecule has 1 aliphatic rings. The standard InChI is InChI=1S/C42H38Cl2N2O4/c43-36-21-18-33(38(44)29-36)24-26-45-41(48)42(25-7-11-30-9-3-1-4-10-30)39(34-16-14-32(15-17-34)31-12-5-2-6-13-31)50-40(46-42)35-19-22-37(23-20-35)49-28-8-27-47/h1-7,9-23,29,39,47H,8,24-28H2,(H,45,48)/b11-7+/t39-,42-/m1/s1. The number of nitrogens with zero attached hydrogens (tertiary/aromatic N) is 1. The fourth-order valence-electron chi connectivity index (χ4n) is 5.92. The number of carbonyl (C=O) groups is 1. The van der Waals surface area contributed by atoms with Crippen molar-refractivity contribution in [2.75, 3.05) is 19.8 Å². The maximum Gasteiger partial charge on any atom is 0.252 e. The Morgan fingerprint density at radius 1 is 0.860 bits per heavy atom. The van der Waals surface area contributed by atoms with Gasteiger partial charge in [0.25, 0.3) is 5.91 Å². The van der Waals surface area contributed by atoms with Gasteiger partial charge in [0.2, 0.25) is 5.90 Å². The SMILES string of the molecule is O=C(NCCc1ccc(Cl)cc1Cl)[C@]1(C/C=C/c2ccccc2)N=C(c2ccc(OCCCO)cc2)O[C@@H]1c1ccc(-c2ccccc2)cc1. The fourth-order valence-corrected chi connectivity index (χ4v) is 6.43. The maximum atomic E-state index is 14.6. The Labute approximate surface area is 303 Å². The van der Waals surface area contributed by atoms with E-state index >= 15 is 0 Å². The lowest BCUT2D eigenvalue weighted by molar-refractivity contribution is -0.128. The van der Waals surface area contributed by atoms with Crippen LogP contribution in [0.1, 0.15) is 41.2 Å². The van der Waals surface area contributed by atoms with Crippen LogP contribution in [0.25, 0.3) is 17.2 Å². The average Bonchev–Trinajstić information content (AvgIpc) is 3.54. The highest BCUT2D eigenvalue weighted by atomic mass is 35.5. The van der Waals surface area contributed by atoms with Gasteiger partial charge in [0.05, 0.1) is 6.61 Å². The molecule has 0 aromatic heterocycles. The Morgan fingerprint density at radius 3 is 2.24 bits per heavy atom. The summed E-state index contributed by atoms with van der Waals surface area (Å²) >= 11 is 12.6. The first-order chi connectivity index (χ1) is 24.4. The van der Waals surface area contributed by atoms with Crippen molar-refractivity contribution in [3.05, 3.63) is 166 Å². The first-order valence-corrected chi connectivity index (χ1v) is 17.4. The van der Waals surface area contributed by atoms with Crippen molar-refractivity contribution < 1.29 is 19.4 Å². The van der Waals surface area contributed by atoms with Gasteiger partial charge in [0, 0.05) is 41.6 Å². The van der Waals surface area contributed by atoms with E-state index in [0.717, 1.165) is 33.4 Å². The minimum Gasteiger partial charge on any atom is -0.494 e. The Hall–Kier alpha value is -4.88. The number of amides is 1. The van der Waals surface area contributed by atoms with E-state index in [1.165, 1.54) is 0 Å². The number of aliphatic imine (C=N–C) groups is 1. The van der Waals surface area contributed by atoms with Gasteiger partial charge < -0.3 is 19.9 Å². The van der Waals surface area contributed by atoms with Crippen LogP contribution < -0.4 is 10.1 Å². The van der Waals surface area contributed by atoms with E-state index in [1.54, 1.807) is 12.1 Å². The molecule has 0 saturated carbocycles. The monoisotopic (exact) mass is 704 g/mol. The van der Waals surface area contributed by atoms with Gasteiger partial charge in [0.15, 0.2) is 11.6 Å². The number of hydrogen-bond donors (Lipinski definition) is 2. The highest BCUT2D eigenvalue weighted by molar-refractivity contribution is 6.35. The van der Waals surface area contributed by atoms with Crippen molar-refractivity contribution in [3.8, 4) is 16.9 Å². The molecule has 0 aliphatic carbocycles. The van der Waals surface area contributed by atoms with Gasteiger partial charge in [-0.2, -0.15) is 0 Å². The van der Waals surface area contributed by atoms with Crippen molar-refractivity contribution in [2.24, 2.45) is 4.99 Å². The zero-order valence-corrected chi connectivity index (χ0v) is 29.0. The predicted octanol–water partition coefficient (Wildman–Crippen LogP) is 9.14. The molecule has 8 heteroatoms. The van der Waals surface area contributed by atoms with Gasteiger partial charge in [-0.3, -0.25) is 4.79 Å². The van der Waals surface area contributed by atoms with Crippen LogP contribution in [0.2, 0.25) is 10.0 Å². The lowest BCUT2D eigenvalue weighted by Gasteiger charge is -2.30. The zero-order valence-electron chi connectivity index (χ0n) is 27.5. The number of aliphatic hydroxyl groups is 1. The molecule has 0 fully saturated rings. The van der Waals surface area contributed by atoms with Gasteiger partial charge in [-0.15, -0.1) is 0 Å². The van der Waals surface area contributed by atoms with E-state index in [2.05, 4.69) is 29.6 Å². The van der Waals surface area contributed by atoms with Crippen LogP contribution in [0.4, 0.5) is 0 Å². The van der Waals surface area contributed by atoms with Crippen LogP contribution in [0.3, 0.4) is 0 Å². The summed E-state index contributed by atoms with van der Waals surface area (Å²) < 4.78 is 12.4. The Kier molecular flexibility index (Phi) is 11.7. The molecule has 1 heterocycles. The van der Waals surface area contributed by atoms with E-state index in [4.69, 9.17) is 42.8 Å². The van der Waals surface area contributed by atoms with E-state index < -0.39 is 11.6 Å². The molecule has 50 heavy (non-hydrogen) atoms. The fraction of sp³-hybridized carbons (Fsp3) is 0.190. The van der Waals surface area contributed by atoms with Gasteiger partial charge in [-0.25, -0.2) is 4.99 Å². The summed E-state index contributed by atoms with van der Waals surface area (Å²) in [5, 5.41) is 13.4. The predicted molar refractivity (Wildman–Crippen MR) is 202 cm³/mol. The quantitative estimate of drug-likeness (QED) is 0.113. The molecular weight excluding hydrogens is 667 g/mol. The number of ether oxygens (including phenoxy) is 2. The van der Waals surface area contributed by atoms with Gasteiger partial charge in [-0.05, 0) is 70.6 Å². The molecule has 254 valence electrons. The lowest BCUT2D eigenvalue weighted by atomic mass is 9.83. The minimum atomic E-state index is -1.32. The number of benzene rings is 5. The zero-order chi connectivity index (χ0) is 34.8. The van der Waals surface area contributed by atoms with Crippen molar-refractivity contribution >= 4 is 41.1 Å². The third-order valence-electron chi connectivity index (χ3n) is 8.58. The molecule has 0 unspecified atom stereocenters. The Bertz CT molecular complexity index is 1930. The van der Waals surface area contributed by atoms with Crippen molar-refractivity contribution in [3.63, 3.8) is 0 Å². The Morgan fingerprint density at radius 2 is 1.54 bits per heavy atom. The van der Waals surface area contributed by atoms with Crippen LogP contribution in [-0.4, -0.2) is 42.2 Å². The van der Waals surface area contributed by atoms with E-state index in [9.17, 15) is 4.79 Å². The minimum absolute atomic E-state index is 0.0616. The summed E-state index contributed by atoms with van der Waals surface area (Å²) in [7, 11) is 0. The first kappa shape index (κ1) is 35.0. The molecule has 1 aliphatic heterocycles. The molecule has 6 nitrogen and oxygen atoms in total. The van der Waals surface area contributed by atoms with Crippen LogP contribution in [-0.2, 0) is 16.0 Å². The number of nitrogens with one attached hydrogen (secondary N) is 1. The summed E-state index contributed by atoms with van der Waals surface area (Å²) in [6, 6.07) is 41.0. The first-order valence-electron chi connectivity index (χ1n) is 16.6. The van der Waals surface area contributed by atoms with Crippen molar-refractivity contribution in [2.45, 2.75) is 30.9 Å². The highest BCUT2D eigenvalue weighted by Crippen LogP contribution is 2.43. The topological polar surface area (TPSA) is 80.2 Å².